The van der Waals surface area contributed by atoms with E-state index in [0.717, 1.165) is 51.9 Å². The second-order valence-electron chi connectivity index (χ2n) is 8.99. The van der Waals surface area contributed by atoms with Crippen LogP contribution in [0.1, 0.15) is 37.5 Å². The lowest BCUT2D eigenvalue weighted by molar-refractivity contribution is -0.126. The van der Waals surface area contributed by atoms with E-state index in [-0.39, 0.29) is 5.91 Å². The second-order valence-corrected chi connectivity index (χ2v) is 8.99. The molecule has 0 bridgehead atoms. The number of hydrogen-bond acceptors (Lipinski definition) is 4. The Kier molecular flexibility index (Phi) is 6.81. The van der Waals surface area contributed by atoms with E-state index < -0.39 is 0 Å². The lowest BCUT2D eigenvalue weighted by Gasteiger charge is -2.28. The summed E-state index contributed by atoms with van der Waals surface area (Å²) >= 11 is 0. The maximum atomic E-state index is 13.2. The number of carbonyl (C=O) groups is 1. The van der Waals surface area contributed by atoms with E-state index in [2.05, 4.69) is 24.3 Å². The van der Waals surface area contributed by atoms with Gasteiger partial charge >= 0.3 is 0 Å². The molecule has 5 heteroatoms. The Morgan fingerprint density at radius 2 is 1.75 bits per heavy atom. The van der Waals surface area contributed by atoms with E-state index in [1.807, 2.05) is 62.1 Å². The molecule has 4 aromatic rings. The Morgan fingerprint density at radius 1 is 1.00 bits per heavy atom. The molecule has 0 atom stereocenters. The fourth-order valence-corrected chi connectivity index (χ4v) is 4.80. The topological polar surface area (TPSA) is 51.9 Å². The van der Waals surface area contributed by atoms with E-state index in [4.69, 9.17) is 13.9 Å². The fraction of sp³-hybridized carbons (Fsp3) is 0.258. The van der Waals surface area contributed by atoms with E-state index in [1.54, 1.807) is 12.3 Å². The van der Waals surface area contributed by atoms with Crippen molar-refractivity contribution in [2.75, 3.05) is 19.8 Å². The van der Waals surface area contributed by atoms with Crippen molar-refractivity contribution in [2.45, 2.75) is 33.7 Å². The van der Waals surface area contributed by atoms with Gasteiger partial charge in [0.15, 0.2) is 0 Å². The van der Waals surface area contributed by atoms with Gasteiger partial charge in [-0.2, -0.15) is 0 Å². The van der Waals surface area contributed by atoms with Crippen LogP contribution in [0.4, 0.5) is 0 Å². The molecule has 36 heavy (non-hydrogen) atoms. The summed E-state index contributed by atoms with van der Waals surface area (Å²) in [6.07, 6.45) is 4.38. The van der Waals surface area contributed by atoms with Crippen molar-refractivity contribution in [1.29, 1.82) is 0 Å². The molecule has 184 valence electrons. The average Bonchev–Trinajstić information content (AvgIpc) is 3.31. The summed E-state index contributed by atoms with van der Waals surface area (Å²) in [5.41, 5.74) is 7.08. The summed E-state index contributed by atoms with van der Waals surface area (Å²) in [7, 11) is 0. The highest BCUT2D eigenvalue weighted by Crippen LogP contribution is 2.38. The normalized spacial score (nSPS) is 13.5. The zero-order chi connectivity index (χ0) is 25.1. The van der Waals surface area contributed by atoms with Crippen molar-refractivity contribution >= 4 is 22.4 Å². The lowest BCUT2D eigenvalue weighted by atomic mass is 9.98. The summed E-state index contributed by atoms with van der Waals surface area (Å²) < 4.78 is 17.4. The predicted octanol–water partition coefficient (Wildman–Crippen LogP) is 6.89. The third kappa shape index (κ3) is 4.74. The number of ether oxygens (including phenoxy) is 2. The Labute approximate surface area is 211 Å². The first-order chi connectivity index (χ1) is 17.6. The van der Waals surface area contributed by atoms with Gasteiger partial charge in [-0.3, -0.25) is 4.79 Å². The van der Waals surface area contributed by atoms with Crippen LogP contribution in [-0.2, 0) is 17.8 Å². The van der Waals surface area contributed by atoms with Gasteiger partial charge in [0.05, 0.1) is 19.5 Å². The Hall–Kier alpha value is -3.99. The fourth-order valence-electron chi connectivity index (χ4n) is 4.80. The highest BCUT2D eigenvalue weighted by Gasteiger charge is 2.20. The van der Waals surface area contributed by atoms with Gasteiger partial charge in [0.1, 0.15) is 17.1 Å². The number of allylic oxidation sites excluding steroid dienone is 1. The number of fused-ring (bicyclic) bond motifs is 2. The van der Waals surface area contributed by atoms with Crippen LogP contribution in [0.5, 0.6) is 11.5 Å². The zero-order valence-electron chi connectivity index (χ0n) is 21.0. The van der Waals surface area contributed by atoms with Gasteiger partial charge in [-0.15, -0.1) is 0 Å². The number of benzene rings is 3. The van der Waals surface area contributed by atoms with Crippen molar-refractivity contribution in [1.82, 2.24) is 4.90 Å². The van der Waals surface area contributed by atoms with Crippen LogP contribution in [0, 0.1) is 0 Å². The average molecular weight is 482 g/mol. The predicted molar refractivity (Wildman–Crippen MR) is 143 cm³/mol. The molecule has 0 N–H and O–H groups in total. The molecule has 0 spiro atoms. The minimum absolute atomic E-state index is 0.0171. The molecule has 5 rings (SSSR count). The number of nitrogens with zero attached hydrogens (tertiary/aromatic N) is 1. The first kappa shape index (κ1) is 23.7. The van der Waals surface area contributed by atoms with Gasteiger partial charge < -0.3 is 18.8 Å². The van der Waals surface area contributed by atoms with Crippen molar-refractivity contribution in [3.63, 3.8) is 0 Å². The molecule has 0 unspecified atom stereocenters. The number of carbonyl (C=O) groups excluding carboxylic acids is 1. The van der Waals surface area contributed by atoms with Crippen LogP contribution in [0.2, 0.25) is 0 Å². The van der Waals surface area contributed by atoms with E-state index in [9.17, 15) is 4.79 Å². The van der Waals surface area contributed by atoms with Crippen molar-refractivity contribution in [3.8, 4) is 22.6 Å². The van der Waals surface area contributed by atoms with Gasteiger partial charge in [-0.25, -0.2) is 0 Å². The van der Waals surface area contributed by atoms with Crippen LogP contribution in [0.3, 0.4) is 0 Å². The Bertz CT molecular complexity index is 1410. The molecule has 1 aliphatic heterocycles. The molecule has 1 aromatic heterocycles. The van der Waals surface area contributed by atoms with Crippen LogP contribution in [0.15, 0.2) is 77.4 Å². The summed E-state index contributed by atoms with van der Waals surface area (Å²) in [5.74, 6) is 1.57. The molecule has 0 saturated carbocycles. The first-order valence-corrected chi connectivity index (χ1v) is 12.5. The smallest absolute Gasteiger partial charge is 0.247 e. The van der Waals surface area contributed by atoms with E-state index >= 15 is 0 Å². The molecule has 0 radical (unpaired) electrons. The summed E-state index contributed by atoms with van der Waals surface area (Å²) in [5, 5.41) is 0.977. The first-order valence-electron chi connectivity index (χ1n) is 12.5. The van der Waals surface area contributed by atoms with Crippen LogP contribution in [0.25, 0.3) is 27.7 Å². The van der Waals surface area contributed by atoms with Crippen molar-refractivity contribution in [3.05, 3.63) is 89.7 Å². The third-order valence-electron chi connectivity index (χ3n) is 6.66. The Balaban J connectivity index is 1.48. The molecule has 5 nitrogen and oxygen atoms in total. The number of furan rings is 1. The quantitative estimate of drug-likeness (QED) is 0.270. The van der Waals surface area contributed by atoms with Crippen molar-refractivity contribution in [2.24, 2.45) is 0 Å². The molecular formula is C31H31NO4. The highest BCUT2D eigenvalue weighted by molar-refractivity contribution is 6.00. The molecule has 3 aromatic carbocycles. The number of rotatable bonds is 7. The van der Waals surface area contributed by atoms with Gasteiger partial charge in [0.25, 0.3) is 0 Å². The number of amides is 1. The maximum absolute atomic E-state index is 13.2. The Morgan fingerprint density at radius 3 is 2.50 bits per heavy atom. The second kappa shape index (κ2) is 10.3. The summed E-state index contributed by atoms with van der Waals surface area (Å²) in [6.45, 7) is 8.41. The monoisotopic (exact) mass is 481 g/mol. The zero-order valence-corrected chi connectivity index (χ0v) is 21.0. The van der Waals surface area contributed by atoms with E-state index in [0.29, 0.717) is 25.5 Å². The molecule has 0 aliphatic carbocycles. The van der Waals surface area contributed by atoms with Gasteiger partial charge in [0.2, 0.25) is 5.91 Å². The molecule has 1 aliphatic rings. The standard InChI is InChI=1S/C31H31NO4/c1-4-34-25-12-10-23(11-13-25)28-20-36-30-18-29(35-5-2)26(17-27(28)30)21(3)16-31(33)32-15-14-22-8-6-7-9-24(22)19-32/h6-13,16-18,20H,4-5,14-15,19H2,1-3H3/b21-16+. The molecule has 0 saturated heterocycles. The summed E-state index contributed by atoms with van der Waals surface area (Å²) in [6, 6.07) is 20.3. The number of hydrogen-bond donors (Lipinski definition) is 0. The summed E-state index contributed by atoms with van der Waals surface area (Å²) in [4.78, 5) is 15.1. The van der Waals surface area contributed by atoms with Gasteiger partial charge in [0, 0.05) is 41.7 Å². The molecule has 1 amide bonds. The van der Waals surface area contributed by atoms with Crippen LogP contribution >= 0.6 is 0 Å². The van der Waals surface area contributed by atoms with Gasteiger partial charge in [-0.05, 0) is 67.7 Å². The highest BCUT2D eigenvalue weighted by atomic mass is 16.5. The SMILES string of the molecule is CCOc1ccc(-c2coc3cc(OCC)c(/C(C)=C/C(=O)N4CCc5ccccc5C4)cc23)cc1. The third-order valence-corrected chi connectivity index (χ3v) is 6.66. The van der Waals surface area contributed by atoms with Crippen molar-refractivity contribution < 1.29 is 18.7 Å². The largest absolute Gasteiger partial charge is 0.494 e. The minimum Gasteiger partial charge on any atom is -0.494 e. The van der Waals surface area contributed by atoms with E-state index in [1.165, 1.54) is 11.1 Å². The maximum Gasteiger partial charge on any atom is 0.247 e. The minimum atomic E-state index is 0.0171. The van der Waals surface area contributed by atoms with Crippen LogP contribution in [-0.4, -0.2) is 30.6 Å². The lowest BCUT2D eigenvalue weighted by Crippen LogP contribution is -2.34. The van der Waals surface area contributed by atoms with Gasteiger partial charge in [-0.1, -0.05) is 36.4 Å². The molecule has 0 fully saturated rings. The molecule has 2 heterocycles. The molecular weight excluding hydrogens is 450 g/mol. The van der Waals surface area contributed by atoms with Crippen LogP contribution < -0.4 is 9.47 Å².